The maximum Gasteiger partial charge on any atom is 0.282 e. The monoisotopic (exact) mass is 525 g/mol. The first-order chi connectivity index (χ1) is 16.4. The Labute approximate surface area is 203 Å². The molecule has 0 aliphatic carbocycles. The van der Waals surface area contributed by atoms with Crippen molar-refractivity contribution in [2.75, 3.05) is 14.2 Å². The van der Waals surface area contributed by atoms with E-state index in [9.17, 15) is 9.18 Å². The number of aryl methyl sites for hydroxylation is 1. The molecular formula is C25H21BrFN3O4. The largest absolute Gasteiger partial charge is 0.493 e. The molecule has 174 valence electrons. The molecule has 4 aromatic rings. The Morgan fingerprint density at radius 2 is 1.79 bits per heavy atom. The van der Waals surface area contributed by atoms with E-state index < -0.39 is 0 Å². The number of benzene rings is 3. The van der Waals surface area contributed by atoms with Crippen molar-refractivity contribution in [1.82, 2.24) is 9.66 Å². The van der Waals surface area contributed by atoms with E-state index in [1.54, 1.807) is 49.4 Å². The fraction of sp³-hybridized carbons (Fsp3) is 0.160. The molecule has 7 nitrogen and oxygen atoms in total. The minimum Gasteiger partial charge on any atom is -0.493 e. The molecule has 3 aromatic carbocycles. The zero-order valence-electron chi connectivity index (χ0n) is 18.7. The highest BCUT2D eigenvalue weighted by Crippen LogP contribution is 2.38. The Bertz CT molecular complexity index is 1430. The van der Waals surface area contributed by atoms with Gasteiger partial charge in [0.05, 0.1) is 31.3 Å². The third-order valence-electron chi connectivity index (χ3n) is 5.11. The van der Waals surface area contributed by atoms with Gasteiger partial charge in [-0.2, -0.15) is 9.78 Å². The summed E-state index contributed by atoms with van der Waals surface area (Å²) >= 11 is 3.38. The summed E-state index contributed by atoms with van der Waals surface area (Å²) in [6.45, 7) is 1.71. The molecule has 0 aliphatic heterocycles. The van der Waals surface area contributed by atoms with Crippen molar-refractivity contribution in [1.29, 1.82) is 0 Å². The summed E-state index contributed by atoms with van der Waals surface area (Å²) in [7, 11) is 2.98. The summed E-state index contributed by atoms with van der Waals surface area (Å²) in [4.78, 5) is 17.4. The maximum absolute atomic E-state index is 14.0. The third kappa shape index (κ3) is 4.79. The molecule has 0 saturated heterocycles. The van der Waals surface area contributed by atoms with Crippen LogP contribution in [0, 0.1) is 12.7 Å². The van der Waals surface area contributed by atoms with E-state index in [0.717, 1.165) is 4.47 Å². The average molecular weight is 526 g/mol. The molecule has 0 aliphatic rings. The van der Waals surface area contributed by atoms with Crippen LogP contribution >= 0.6 is 15.9 Å². The summed E-state index contributed by atoms with van der Waals surface area (Å²) in [5.74, 6) is 1.17. The van der Waals surface area contributed by atoms with Gasteiger partial charge in [0.2, 0.25) is 5.75 Å². The van der Waals surface area contributed by atoms with E-state index in [0.29, 0.717) is 45.1 Å². The lowest BCUT2D eigenvalue weighted by Crippen LogP contribution is -2.20. The standard InChI is InChI=1S/C25H21BrFN3O4/c1-15-29-21-9-8-18(26)12-19(21)25(31)30(15)28-13-16-10-22(32-2)24(23(11-16)33-3)34-14-17-6-4-5-7-20(17)27/h4-13H,14H2,1-3H3. The van der Waals surface area contributed by atoms with Gasteiger partial charge in [-0.05, 0) is 43.3 Å². The van der Waals surface area contributed by atoms with Crippen LogP contribution in [0.3, 0.4) is 0 Å². The highest BCUT2D eigenvalue weighted by atomic mass is 79.9. The van der Waals surface area contributed by atoms with Crippen LogP contribution in [0.15, 0.2) is 69.0 Å². The van der Waals surface area contributed by atoms with E-state index >= 15 is 0 Å². The van der Waals surface area contributed by atoms with Crippen molar-refractivity contribution < 1.29 is 18.6 Å². The second kappa shape index (κ2) is 10.0. The second-order valence-electron chi connectivity index (χ2n) is 7.32. The molecule has 1 aromatic heterocycles. The zero-order valence-corrected chi connectivity index (χ0v) is 20.3. The van der Waals surface area contributed by atoms with Gasteiger partial charge in [0.25, 0.3) is 5.56 Å². The highest BCUT2D eigenvalue weighted by Gasteiger charge is 2.15. The van der Waals surface area contributed by atoms with Crippen molar-refractivity contribution in [2.24, 2.45) is 5.10 Å². The quantitative estimate of drug-likeness (QED) is 0.314. The van der Waals surface area contributed by atoms with Gasteiger partial charge in [-0.25, -0.2) is 9.37 Å². The first kappa shape index (κ1) is 23.4. The predicted octanol–water partition coefficient (Wildman–Crippen LogP) is 5.08. The van der Waals surface area contributed by atoms with Gasteiger partial charge >= 0.3 is 0 Å². The summed E-state index contributed by atoms with van der Waals surface area (Å²) < 4.78 is 32.8. The minimum absolute atomic E-state index is 0.000262. The summed E-state index contributed by atoms with van der Waals surface area (Å²) in [5, 5.41) is 4.79. The Kier molecular flexibility index (Phi) is 6.93. The van der Waals surface area contributed by atoms with Crippen LogP contribution in [-0.4, -0.2) is 30.1 Å². The van der Waals surface area contributed by atoms with Gasteiger partial charge in [-0.15, -0.1) is 0 Å². The summed E-state index contributed by atoms with van der Waals surface area (Å²) in [6, 6.07) is 15.1. The molecule has 0 amide bonds. The molecule has 0 fully saturated rings. The molecule has 0 spiro atoms. The van der Waals surface area contributed by atoms with Gasteiger partial charge in [0, 0.05) is 15.6 Å². The molecule has 4 rings (SSSR count). The van der Waals surface area contributed by atoms with Crippen LogP contribution in [0.2, 0.25) is 0 Å². The summed E-state index contributed by atoms with van der Waals surface area (Å²) in [6.07, 6.45) is 1.51. The number of aromatic nitrogens is 2. The van der Waals surface area contributed by atoms with Crippen LogP contribution in [0.5, 0.6) is 17.2 Å². The normalized spacial score (nSPS) is 11.2. The molecule has 0 saturated carbocycles. The Balaban J connectivity index is 1.68. The fourth-order valence-corrected chi connectivity index (χ4v) is 3.76. The van der Waals surface area contributed by atoms with Crippen LogP contribution < -0.4 is 19.8 Å². The minimum atomic E-state index is -0.360. The van der Waals surface area contributed by atoms with Gasteiger partial charge < -0.3 is 14.2 Å². The van der Waals surface area contributed by atoms with Crippen molar-refractivity contribution in [2.45, 2.75) is 13.5 Å². The molecule has 0 atom stereocenters. The van der Waals surface area contributed by atoms with Crippen molar-refractivity contribution in [3.63, 3.8) is 0 Å². The lowest BCUT2D eigenvalue weighted by molar-refractivity contribution is 0.262. The smallest absolute Gasteiger partial charge is 0.282 e. The van der Waals surface area contributed by atoms with Crippen LogP contribution in [0.1, 0.15) is 17.0 Å². The van der Waals surface area contributed by atoms with Gasteiger partial charge in [0.1, 0.15) is 18.2 Å². The van der Waals surface area contributed by atoms with E-state index in [-0.39, 0.29) is 18.0 Å². The van der Waals surface area contributed by atoms with Crippen molar-refractivity contribution in [3.05, 3.63) is 92.2 Å². The SMILES string of the molecule is COc1cc(C=Nn2c(C)nc3ccc(Br)cc3c2=O)cc(OC)c1OCc1ccccc1F. The number of hydrogen-bond donors (Lipinski definition) is 0. The predicted molar refractivity (Wildman–Crippen MR) is 132 cm³/mol. The molecule has 0 unspecified atom stereocenters. The number of nitrogens with zero attached hydrogens (tertiary/aromatic N) is 3. The second-order valence-corrected chi connectivity index (χ2v) is 8.23. The Hall–Kier alpha value is -3.72. The van der Waals surface area contributed by atoms with Gasteiger partial charge in [-0.1, -0.05) is 34.1 Å². The van der Waals surface area contributed by atoms with Crippen molar-refractivity contribution >= 4 is 33.0 Å². The molecule has 0 bridgehead atoms. The van der Waals surface area contributed by atoms with Gasteiger partial charge in [-0.3, -0.25) is 4.79 Å². The average Bonchev–Trinajstić information content (AvgIpc) is 2.83. The first-order valence-electron chi connectivity index (χ1n) is 10.3. The molecule has 0 N–H and O–H groups in total. The Morgan fingerprint density at radius 1 is 1.09 bits per heavy atom. The van der Waals surface area contributed by atoms with E-state index in [4.69, 9.17) is 14.2 Å². The fourth-order valence-electron chi connectivity index (χ4n) is 3.40. The third-order valence-corrected chi connectivity index (χ3v) is 5.60. The van der Waals surface area contributed by atoms with E-state index in [1.807, 2.05) is 6.07 Å². The Morgan fingerprint density at radius 3 is 2.47 bits per heavy atom. The molecule has 1 heterocycles. The zero-order chi connectivity index (χ0) is 24.2. The first-order valence-corrected chi connectivity index (χ1v) is 11.1. The lowest BCUT2D eigenvalue weighted by Gasteiger charge is -2.15. The molecule has 34 heavy (non-hydrogen) atoms. The van der Waals surface area contributed by atoms with E-state index in [2.05, 4.69) is 26.0 Å². The van der Waals surface area contributed by atoms with E-state index in [1.165, 1.54) is 31.2 Å². The molecule has 0 radical (unpaired) electrons. The maximum atomic E-state index is 14.0. The number of halogens is 2. The summed E-state index contributed by atoms with van der Waals surface area (Å²) in [5.41, 5.74) is 1.32. The molecular weight excluding hydrogens is 505 g/mol. The number of fused-ring (bicyclic) bond motifs is 1. The van der Waals surface area contributed by atoms with Crippen LogP contribution in [0.4, 0.5) is 4.39 Å². The van der Waals surface area contributed by atoms with Crippen molar-refractivity contribution in [3.8, 4) is 17.2 Å². The lowest BCUT2D eigenvalue weighted by atomic mass is 10.2. The van der Waals surface area contributed by atoms with Crippen LogP contribution in [-0.2, 0) is 6.61 Å². The van der Waals surface area contributed by atoms with Gasteiger partial charge in [0.15, 0.2) is 11.5 Å². The number of rotatable bonds is 7. The topological polar surface area (TPSA) is 74.9 Å². The number of ether oxygens (including phenoxy) is 3. The number of hydrogen-bond acceptors (Lipinski definition) is 6. The highest BCUT2D eigenvalue weighted by molar-refractivity contribution is 9.10. The number of methoxy groups -OCH3 is 2. The molecule has 9 heteroatoms. The van der Waals surface area contributed by atoms with Crippen LogP contribution in [0.25, 0.3) is 10.9 Å².